The Morgan fingerprint density at radius 1 is 1.05 bits per heavy atom. The summed E-state index contributed by atoms with van der Waals surface area (Å²) in [6.45, 7) is 4.73. The van der Waals surface area contributed by atoms with Gasteiger partial charge in [-0.15, -0.1) is 0 Å². The van der Waals surface area contributed by atoms with Crippen molar-refractivity contribution in [3.63, 3.8) is 0 Å². The zero-order valence-corrected chi connectivity index (χ0v) is 21.4. The van der Waals surface area contributed by atoms with Gasteiger partial charge in [-0.2, -0.15) is 0 Å². The van der Waals surface area contributed by atoms with Gasteiger partial charge >= 0.3 is 0 Å². The number of nitrogens with one attached hydrogen (secondary N) is 1. The number of nitrogens with zero attached hydrogens (tertiary/aromatic N) is 1. The molecule has 1 N–H and O–H groups in total. The van der Waals surface area contributed by atoms with Crippen molar-refractivity contribution in [3.05, 3.63) is 118 Å². The molecule has 3 aromatic carbocycles. The molecule has 1 atom stereocenters. The number of benzene rings is 3. The average molecular weight is 513 g/mol. The molecular formula is C31H29FN2O4. The second-order valence-electron chi connectivity index (χ2n) is 9.38. The molecule has 1 aliphatic heterocycles. The van der Waals surface area contributed by atoms with Crippen molar-refractivity contribution < 1.29 is 23.1 Å². The second kappa shape index (κ2) is 10.9. The third kappa shape index (κ3) is 5.47. The van der Waals surface area contributed by atoms with E-state index in [1.54, 1.807) is 18.2 Å². The van der Waals surface area contributed by atoms with Crippen molar-refractivity contribution in [2.24, 2.45) is 0 Å². The fourth-order valence-corrected chi connectivity index (χ4v) is 4.75. The first-order valence-electron chi connectivity index (χ1n) is 12.7. The molecule has 7 heteroatoms. The van der Waals surface area contributed by atoms with Crippen molar-refractivity contribution in [2.75, 3.05) is 11.9 Å². The van der Waals surface area contributed by atoms with Gasteiger partial charge in [0.15, 0.2) is 5.76 Å². The Balaban J connectivity index is 1.33. The van der Waals surface area contributed by atoms with Crippen molar-refractivity contribution in [1.29, 1.82) is 0 Å². The molecule has 1 aliphatic rings. The largest absolute Gasteiger partial charge is 0.486 e. The highest BCUT2D eigenvalue weighted by atomic mass is 19.1. The lowest BCUT2D eigenvalue weighted by atomic mass is 9.87. The predicted molar refractivity (Wildman–Crippen MR) is 143 cm³/mol. The van der Waals surface area contributed by atoms with Gasteiger partial charge in [-0.25, -0.2) is 4.39 Å². The molecule has 0 radical (unpaired) electrons. The topological polar surface area (TPSA) is 71.8 Å². The smallest absolute Gasteiger partial charge is 0.291 e. The first-order valence-corrected chi connectivity index (χ1v) is 12.7. The highest BCUT2D eigenvalue weighted by molar-refractivity contribution is 6.02. The van der Waals surface area contributed by atoms with Gasteiger partial charge in [0.05, 0.1) is 6.04 Å². The number of aryl methyl sites for hydroxylation is 1. The normalized spacial score (nSPS) is 14.6. The molecule has 194 valence electrons. The van der Waals surface area contributed by atoms with Crippen LogP contribution in [0, 0.1) is 12.7 Å². The molecule has 6 nitrogen and oxygen atoms in total. The number of carbonyl (C=O) groups excluding carboxylic acids is 2. The van der Waals surface area contributed by atoms with Crippen LogP contribution < -0.4 is 10.1 Å². The van der Waals surface area contributed by atoms with Gasteiger partial charge in [0.2, 0.25) is 5.91 Å². The Bertz CT molecular complexity index is 1460. The van der Waals surface area contributed by atoms with E-state index >= 15 is 0 Å². The number of hydrogen-bond donors (Lipinski definition) is 1. The zero-order chi connectivity index (χ0) is 26.6. The van der Waals surface area contributed by atoms with Crippen molar-refractivity contribution in [1.82, 2.24) is 4.90 Å². The van der Waals surface area contributed by atoms with Gasteiger partial charge in [0, 0.05) is 18.7 Å². The molecule has 2 amide bonds. The van der Waals surface area contributed by atoms with Crippen LogP contribution in [0.2, 0.25) is 0 Å². The van der Waals surface area contributed by atoms with Crippen LogP contribution >= 0.6 is 0 Å². The van der Waals surface area contributed by atoms with E-state index in [9.17, 15) is 14.0 Å². The number of carbonyl (C=O) groups is 2. The Kier molecular flexibility index (Phi) is 7.26. The third-order valence-corrected chi connectivity index (χ3v) is 6.71. The van der Waals surface area contributed by atoms with Gasteiger partial charge in [0.1, 0.15) is 23.9 Å². The Labute approximate surface area is 221 Å². The minimum absolute atomic E-state index is 0.103. The second-order valence-corrected chi connectivity index (χ2v) is 9.38. The minimum Gasteiger partial charge on any atom is -0.486 e. The minimum atomic E-state index is -0.475. The molecule has 0 unspecified atom stereocenters. The van der Waals surface area contributed by atoms with E-state index in [0.29, 0.717) is 30.2 Å². The molecule has 38 heavy (non-hydrogen) atoms. The number of halogens is 1. The first kappa shape index (κ1) is 25.3. The molecule has 0 spiro atoms. The van der Waals surface area contributed by atoms with Crippen LogP contribution in [0.25, 0.3) is 0 Å². The van der Waals surface area contributed by atoms with E-state index in [4.69, 9.17) is 9.15 Å². The number of fused-ring (bicyclic) bond motifs is 1. The van der Waals surface area contributed by atoms with Crippen LogP contribution in [0.1, 0.15) is 58.0 Å². The van der Waals surface area contributed by atoms with E-state index in [1.165, 1.54) is 23.8 Å². The number of anilines is 1. The van der Waals surface area contributed by atoms with Gasteiger partial charge in [0.25, 0.3) is 5.91 Å². The Morgan fingerprint density at radius 3 is 2.63 bits per heavy atom. The lowest BCUT2D eigenvalue weighted by molar-refractivity contribution is -0.132. The quantitative estimate of drug-likeness (QED) is 0.309. The molecule has 5 rings (SSSR count). The van der Waals surface area contributed by atoms with E-state index in [2.05, 4.69) is 35.6 Å². The summed E-state index contributed by atoms with van der Waals surface area (Å²) in [5, 5.41) is 2.62. The summed E-state index contributed by atoms with van der Waals surface area (Å²) < 4.78 is 25.1. The Morgan fingerprint density at radius 2 is 1.87 bits per heavy atom. The number of hydrogen-bond acceptors (Lipinski definition) is 4. The SMILES string of the molecule is CCC(=O)N1CCc2ccc(OCc3ccc(C(=O)Nc4cccc(F)c4)o3)cc2[C@@H]1c1ccc(C)cc1. The maximum absolute atomic E-state index is 13.4. The monoisotopic (exact) mass is 512 g/mol. The number of ether oxygens (including phenoxy) is 1. The lowest BCUT2D eigenvalue weighted by Crippen LogP contribution is -2.40. The van der Waals surface area contributed by atoms with Gasteiger partial charge in [-0.3, -0.25) is 9.59 Å². The molecule has 0 bridgehead atoms. The van der Waals surface area contributed by atoms with E-state index < -0.39 is 11.7 Å². The van der Waals surface area contributed by atoms with Crippen molar-refractivity contribution in [3.8, 4) is 5.75 Å². The van der Waals surface area contributed by atoms with Crippen molar-refractivity contribution in [2.45, 2.75) is 39.3 Å². The van der Waals surface area contributed by atoms with Crippen molar-refractivity contribution >= 4 is 17.5 Å². The number of rotatable bonds is 7. The van der Waals surface area contributed by atoms with Crippen LogP contribution in [-0.4, -0.2) is 23.3 Å². The fourth-order valence-electron chi connectivity index (χ4n) is 4.75. The molecule has 0 saturated carbocycles. The summed E-state index contributed by atoms with van der Waals surface area (Å²) in [6.07, 6.45) is 1.23. The summed E-state index contributed by atoms with van der Waals surface area (Å²) in [6, 6.07) is 23.0. The summed E-state index contributed by atoms with van der Waals surface area (Å²) in [5.41, 5.74) is 4.82. The predicted octanol–water partition coefficient (Wildman–Crippen LogP) is 6.44. The van der Waals surface area contributed by atoms with Crippen LogP contribution in [0.3, 0.4) is 0 Å². The van der Waals surface area contributed by atoms with E-state index in [0.717, 1.165) is 23.1 Å². The summed E-state index contributed by atoms with van der Waals surface area (Å²) in [5.74, 6) is 0.433. The summed E-state index contributed by atoms with van der Waals surface area (Å²) in [7, 11) is 0. The van der Waals surface area contributed by atoms with Crippen LogP contribution in [0.4, 0.5) is 10.1 Å². The summed E-state index contributed by atoms with van der Waals surface area (Å²) >= 11 is 0. The number of furan rings is 1. The maximum atomic E-state index is 13.4. The van der Waals surface area contributed by atoms with E-state index in [-0.39, 0.29) is 24.3 Å². The van der Waals surface area contributed by atoms with Crippen LogP contribution in [0.5, 0.6) is 5.75 Å². The molecule has 1 aromatic heterocycles. The first-order chi connectivity index (χ1) is 18.4. The highest BCUT2D eigenvalue weighted by Gasteiger charge is 2.31. The molecular weight excluding hydrogens is 483 g/mol. The van der Waals surface area contributed by atoms with E-state index in [1.807, 2.05) is 30.9 Å². The van der Waals surface area contributed by atoms with Gasteiger partial charge in [-0.05, 0) is 72.5 Å². The average Bonchev–Trinajstić information content (AvgIpc) is 3.41. The third-order valence-electron chi connectivity index (χ3n) is 6.71. The van der Waals surface area contributed by atoms with Gasteiger partial charge < -0.3 is 19.4 Å². The zero-order valence-electron chi connectivity index (χ0n) is 21.4. The molecule has 4 aromatic rings. The molecule has 0 saturated heterocycles. The fraction of sp³-hybridized carbons (Fsp3) is 0.226. The summed E-state index contributed by atoms with van der Waals surface area (Å²) in [4.78, 5) is 27.3. The molecule has 2 heterocycles. The van der Waals surface area contributed by atoms with Gasteiger partial charge in [-0.1, -0.05) is 48.9 Å². The lowest BCUT2D eigenvalue weighted by Gasteiger charge is -2.38. The number of amides is 2. The molecule has 0 aliphatic carbocycles. The molecule has 0 fully saturated rings. The van der Waals surface area contributed by atoms with Crippen LogP contribution in [0.15, 0.2) is 83.3 Å². The highest BCUT2D eigenvalue weighted by Crippen LogP contribution is 2.37. The maximum Gasteiger partial charge on any atom is 0.291 e. The Hall–Kier alpha value is -4.39. The van der Waals surface area contributed by atoms with Crippen LogP contribution in [-0.2, 0) is 17.8 Å². The standard InChI is InChI=1S/C31H29FN2O4/c1-3-29(35)34-16-15-21-11-12-25(18-27(21)30(34)22-9-7-20(2)8-10-22)37-19-26-13-14-28(38-26)31(36)33-24-6-4-5-23(32)17-24/h4-14,17-18,30H,3,15-16,19H2,1-2H3,(H,33,36)/t30-/m0/s1.